The van der Waals surface area contributed by atoms with Crippen LogP contribution in [0.3, 0.4) is 0 Å². The molecule has 102 valence electrons. The second-order valence-electron chi connectivity index (χ2n) is 5.15. The number of sulfonamides is 1. The van der Waals surface area contributed by atoms with Gasteiger partial charge in [-0.2, -0.15) is 0 Å². The minimum absolute atomic E-state index is 0.169. The number of nitrogens with zero attached hydrogens (tertiary/aromatic N) is 1. The van der Waals surface area contributed by atoms with Crippen molar-refractivity contribution in [3.63, 3.8) is 0 Å². The monoisotopic (exact) mass is 277 g/mol. The molecule has 0 saturated carbocycles. The van der Waals surface area contributed by atoms with Crippen molar-refractivity contribution >= 4 is 10.0 Å². The molecule has 0 aromatic rings. The maximum atomic E-state index is 12.6. The van der Waals surface area contributed by atoms with Crippen LogP contribution in [0.15, 0.2) is 41.3 Å². The Bertz CT molecular complexity index is 660. The summed E-state index contributed by atoms with van der Waals surface area (Å²) in [4.78, 5) is 0.443. The summed E-state index contributed by atoms with van der Waals surface area (Å²) in [5.74, 6) is 0.169. The van der Waals surface area contributed by atoms with Gasteiger partial charge in [0.25, 0.3) is 0 Å². The Kier molecular flexibility index (Phi) is 3.65. The standard InChI is InChI=1S/C15H19NO2S/c1-11(2)14-10-12-8-6-5-7-9-13(12)15(14)19(17,18)16(3)4/h5-11H,1-4H3. The largest absolute Gasteiger partial charge is 0.243 e. The lowest BCUT2D eigenvalue weighted by molar-refractivity contribution is 0.519. The van der Waals surface area contributed by atoms with Crippen molar-refractivity contribution in [2.75, 3.05) is 14.1 Å². The second-order valence-corrected chi connectivity index (χ2v) is 7.24. The van der Waals surface area contributed by atoms with E-state index in [4.69, 9.17) is 0 Å². The predicted octanol–water partition coefficient (Wildman–Crippen LogP) is 3.17. The average Bonchev–Trinajstić information content (AvgIpc) is 2.54. The van der Waals surface area contributed by atoms with Gasteiger partial charge in [-0.15, -0.1) is 0 Å². The lowest BCUT2D eigenvalue weighted by atomic mass is 10.1. The number of hydrogen-bond acceptors (Lipinski definition) is 2. The SMILES string of the molecule is CC(C)c1cc2cccccc-2c1S(=O)(=O)N(C)C. The van der Waals surface area contributed by atoms with E-state index in [1.807, 2.05) is 50.2 Å². The first-order chi connectivity index (χ1) is 8.85. The van der Waals surface area contributed by atoms with Gasteiger partial charge in [0.15, 0.2) is 0 Å². The van der Waals surface area contributed by atoms with Gasteiger partial charge in [-0.05, 0) is 23.1 Å². The summed E-state index contributed by atoms with van der Waals surface area (Å²) >= 11 is 0. The molecule has 2 aliphatic carbocycles. The molecule has 2 rings (SSSR count). The first-order valence-corrected chi connectivity index (χ1v) is 7.74. The smallest absolute Gasteiger partial charge is 0.207 e. The molecule has 0 unspecified atom stereocenters. The van der Waals surface area contributed by atoms with Crippen LogP contribution in [0, 0.1) is 0 Å². The van der Waals surface area contributed by atoms with Gasteiger partial charge in [-0.25, -0.2) is 12.7 Å². The van der Waals surface area contributed by atoms with Gasteiger partial charge in [0.2, 0.25) is 10.0 Å². The maximum absolute atomic E-state index is 12.6. The van der Waals surface area contributed by atoms with Crippen molar-refractivity contribution < 1.29 is 8.42 Å². The van der Waals surface area contributed by atoms with Gasteiger partial charge in [0.05, 0.1) is 4.90 Å². The lowest BCUT2D eigenvalue weighted by Crippen LogP contribution is -2.23. The first-order valence-electron chi connectivity index (χ1n) is 6.30. The fraction of sp³-hybridized carbons (Fsp3) is 0.333. The summed E-state index contributed by atoms with van der Waals surface area (Å²) in [5.41, 5.74) is 2.64. The van der Waals surface area contributed by atoms with E-state index in [2.05, 4.69) is 0 Å². The van der Waals surface area contributed by atoms with Gasteiger partial charge in [-0.1, -0.05) is 44.2 Å². The summed E-state index contributed by atoms with van der Waals surface area (Å²) in [6.45, 7) is 4.03. The van der Waals surface area contributed by atoms with E-state index in [0.717, 1.165) is 16.7 Å². The highest BCUT2D eigenvalue weighted by Gasteiger charge is 2.28. The van der Waals surface area contributed by atoms with Crippen LogP contribution in [0.1, 0.15) is 25.3 Å². The molecule has 0 radical (unpaired) electrons. The first kappa shape index (κ1) is 14.0. The quantitative estimate of drug-likeness (QED) is 0.864. The Morgan fingerprint density at radius 1 is 1.05 bits per heavy atom. The van der Waals surface area contributed by atoms with E-state index in [1.54, 1.807) is 14.1 Å². The molecule has 0 N–H and O–H groups in total. The Morgan fingerprint density at radius 3 is 2.26 bits per heavy atom. The van der Waals surface area contributed by atoms with E-state index >= 15 is 0 Å². The van der Waals surface area contributed by atoms with Gasteiger partial charge in [-0.3, -0.25) is 0 Å². The van der Waals surface area contributed by atoms with Crippen LogP contribution in [-0.2, 0) is 10.0 Å². The molecule has 0 fully saturated rings. The van der Waals surface area contributed by atoms with Crippen molar-refractivity contribution in [3.8, 4) is 11.1 Å². The number of hydrogen-bond donors (Lipinski definition) is 0. The van der Waals surface area contributed by atoms with E-state index in [-0.39, 0.29) is 5.92 Å². The van der Waals surface area contributed by atoms with Crippen LogP contribution in [0.25, 0.3) is 11.1 Å². The summed E-state index contributed by atoms with van der Waals surface area (Å²) < 4.78 is 26.4. The number of rotatable bonds is 3. The lowest BCUT2D eigenvalue weighted by Gasteiger charge is -2.15. The van der Waals surface area contributed by atoms with E-state index in [9.17, 15) is 8.42 Å². The van der Waals surface area contributed by atoms with Crippen LogP contribution in [0.5, 0.6) is 0 Å². The molecule has 3 nitrogen and oxygen atoms in total. The normalized spacial score (nSPS) is 12.5. The van der Waals surface area contributed by atoms with Gasteiger partial charge in [0, 0.05) is 19.7 Å². The highest BCUT2D eigenvalue weighted by Crippen LogP contribution is 2.39. The zero-order valence-electron chi connectivity index (χ0n) is 11.7. The van der Waals surface area contributed by atoms with Gasteiger partial charge >= 0.3 is 0 Å². The third kappa shape index (κ3) is 2.38. The number of fused-ring (bicyclic) bond motifs is 1. The van der Waals surface area contributed by atoms with E-state index in [1.165, 1.54) is 4.31 Å². The zero-order valence-corrected chi connectivity index (χ0v) is 12.5. The van der Waals surface area contributed by atoms with Crippen LogP contribution >= 0.6 is 0 Å². The van der Waals surface area contributed by atoms with E-state index in [0.29, 0.717) is 4.90 Å². The molecule has 0 saturated heterocycles. The molecule has 0 amide bonds. The van der Waals surface area contributed by atoms with E-state index < -0.39 is 10.0 Å². The van der Waals surface area contributed by atoms with Crippen LogP contribution in [0.4, 0.5) is 0 Å². The van der Waals surface area contributed by atoms with Crippen molar-refractivity contribution in [3.05, 3.63) is 42.0 Å². The molecule has 19 heavy (non-hydrogen) atoms. The molecule has 2 aliphatic rings. The molecular formula is C15H19NO2S. The molecule has 0 heterocycles. The maximum Gasteiger partial charge on any atom is 0.243 e. The summed E-state index contributed by atoms with van der Waals surface area (Å²) in [5, 5.41) is 0. The van der Waals surface area contributed by atoms with Gasteiger partial charge in [0.1, 0.15) is 0 Å². The third-order valence-electron chi connectivity index (χ3n) is 3.25. The molecule has 0 aromatic carbocycles. The summed E-state index contributed by atoms with van der Waals surface area (Å²) in [6.07, 6.45) is 0. The van der Waals surface area contributed by atoms with Crippen molar-refractivity contribution in [2.45, 2.75) is 24.7 Å². The Balaban J connectivity index is 2.84. The fourth-order valence-electron chi connectivity index (χ4n) is 2.18. The molecule has 0 atom stereocenters. The van der Waals surface area contributed by atoms with Crippen LogP contribution in [0.2, 0.25) is 0 Å². The topological polar surface area (TPSA) is 37.4 Å². The van der Waals surface area contributed by atoms with Gasteiger partial charge < -0.3 is 0 Å². The molecule has 0 bridgehead atoms. The molecule has 0 aromatic heterocycles. The van der Waals surface area contributed by atoms with Crippen LogP contribution < -0.4 is 0 Å². The zero-order chi connectivity index (χ0) is 14.2. The minimum atomic E-state index is -3.43. The van der Waals surface area contributed by atoms with Crippen molar-refractivity contribution in [1.82, 2.24) is 4.31 Å². The highest BCUT2D eigenvalue weighted by molar-refractivity contribution is 7.89. The fourth-order valence-corrected chi connectivity index (χ4v) is 3.60. The third-order valence-corrected chi connectivity index (χ3v) is 5.18. The predicted molar refractivity (Wildman–Crippen MR) is 78.0 cm³/mol. The Hall–Kier alpha value is -1.39. The molecule has 0 spiro atoms. The molecule has 4 heteroatoms. The van der Waals surface area contributed by atoms with Crippen molar-refractivity contribution in [1.29, 1.82) is 0 Å². The Labute approximate surface area is 115 Å². The second kappa shape index (κ2) is 4.94. The molecule has 0 aliphatic heterocycles. The summed E-state index contributed by atoms with van der Waals surface area (Å²) in [6, 6.07) is 11.5. The minimum Gasteiger partial charge on any atom is -0.207 e. The van der Waals surface area contributed by atoms with Crippen molar-refractivity contribution in [2.24, 2.45) is 0 Å². The average molecular weight is 277 g/mol. The summed E-state index contributed by atoms with van der Waals surface area (Å²) in [7, 11) is -0.291. The van der Waals surface area contributed by atoms with Crippen LogP contribution in [-0.4, -0.2) is 26.8 Å². The Morgan fingerprint density at radius 2 is 1.68 bits per heavy atom. The highest BCUT2D eigenvalue weighted by atomic mass is 32.2. The molecular weight excluding hydrogens is 258 g/mol.